The lowest BCUT2D eigenvalue weighted by Gasteiger charge is -2.25. The van der Waals surface area contributed by atoms with Gasteiger partial charge in [-0.15, -0.1) is 0 Å². The van der Waals surface area contributed by atoms with E-state index in [1.807, 2.05) is 0 Å². The molecule has 0 radical (unpaired) electrons. The Balaban J connectivity index is 2.61. The van der Waals surface area contributed by atoms with Crippen LogP contribution in [0.15, 0.2) is 23.1 Å². The van der Waals surface area contributed by atoms with Crippen LogP contribution in [-0.2, 0) is 14.6 Å². The SMILES string of the molecule is Cc1cccc2c1NC(C(=O)O)CS2(=O)=O. The molecule has 0 saturated carbocycles. The Bertz CT molecular complexity index is 550. The average Bonchev–Trinajstić information content (AvgIpc) is 2.18. The number of rotatable bonds is 1. The van der Waals surface area contributed by atoms with Gasteiger partial charge in [0.25, 0.3) is 0 Å². The summed E-state index contributed by atoms with van der Waals surface area (Å²) in [6.45, 7) is 1.74. The summed E-state index contributed by atoms with van der Waals surface area (Å²) in [5, 5.41) is 11.6. The minimum absolute atomic E-state index is 0.185. The molecule has 0 bridgehead atoms. The number of anilines is 1. The number of benzene rings is 1. The number of aryl methyl sites for hydroxylation is 1. The molecule has 1 atom stereocenters. The van der Waals surface area contributed by atoms with E-state index in [-0.39, 0.29) is 4.90 Å². The highest BCUT2D eigenvalue weighted by atomic mass is 32.2. The lowest BCUT2D eigenvalue weighted by molar-refractivity contribution is -0.137. The normalized spacial score (nSPS) is 21.9. The van der Waals surface area contributed by atoms with Crippen LogP contribution in [-0.4, -0.2) is 31.3 Å². The first-order valence-corrected chi connectivity index (χ1v) is 6.39. The smallest absolute Gasteiger partial charge is 0.327 e. The van der Waals surface area contributed by atoms with Crippen LogP contribution < -0.4 is 5.32 Å². The quantitative estimate of drug-likeness (QED) is 0.754. The summed E-state index contributed by atoms with van der Waals surface area (Å²) in [6.07, 6.45) is 0. The van der Waals surface area contributed by atoms with E-state index < -0.39 is 27.6 Å². The van der Waals surface area contributed by atoms with Gasteiger partial charge in [0.05, 0.1) is 16.3 Å². The zero-order valence-electron chi connectivity index (χ0n) is 8.60. The molecule has 16 heavy (non-hydrogen) atoms. The van der Waals surface area contributed by atoms with E-state index in [1.165, 1.54) is 6.07 Å². The van der Waals surface area contributed by atoms with Crippen molar-refractivity contribution < 1.29 is 18.3 Å². The lowest BCUT2D eigenvalue weighted by Crippen LogP contribution is -2.40. The van der Waals surface area contributed by atoms with Crippen LogP contribution in [0.4, 0.5) is 5.69 Å². The molecule has 2 rings (SSSR count). The topological polar surface area (TPSA) is 83.5 Å². The molecule has 0 aromatic heterocycles. The summed E-state index contributed by atoms with van der Waals surface area (Å²) < 4.78 is 23.7. The van der Waals surface area contributed by atoms with Gasteiger partial charge in [-0.05, 0) is 18.6 Å². The molecule has 86 valence electrons. The minimum atomic E-state index is -3.50. The number of hydrogen-bond acceptors (Lipinski definition) is 4. The minimum Gasteiger partial charge on any atom is -0.480 e. The van der Waals surface area contributed by atoms with Crippen molar-refractivity contribution in [3.63, 3.8) is 0 Å². The molecule has 1 aromatic carbocycles. The number of carboxylic acids is 1. The van der Waals surface area contributed by atoms with E-state index in [0.717, 1.165) is 5.56 Å². The summed E-state index contributed by atoms with van der Waals surface area (Å²) in [5.74, 6) is -1.56. The van der Waals surface area contributed by atoms with Gasteiger partial charge in [0.1, 0.15) is 6.04 Å². The monoisotopic (exact) mass is 241 g/mol. The van der Waals surface area contributed by atoms with Gasteiger partial charge in [-0.1, -0.05) is 12.1 Å². The van der Waals surface area contributed by atoms with Crippen LogP contribution in [0.3, 0.4) is 0 Å². The van der Waals surface area contributed by atoms with Crippen LogP contribution in [0, 0.1) is 6.92 Å². The highest BCUT2D eigenvalue weighted by Gasteiger charge is 2.34. The van der Waals surface area contributed by atoms with Crippen molar-refractivity contribution in [3.8, 4) is 0 Å². The molecular weight excluding hydrogens is 230 g/mol. The molecular formula is C10H11NO4S. The predicted octanol–water partition coefficient (Wildman–Crippen LogP) is 0.647. The van der Waals surface area contributed by atoms with E-state index in [2.05, 4.69) is 5.32 Å². The number of carboxylic acid groups (broad SMARTS) is 1. The predicted molar refractivity (Wildman–Crippen MR) is 58.3 cm³/mol. The molecule has 1 heterocycles. The maximum Gasteiger partial charge on any atom is 0.327 e. The van der Waals surface area contributed by atoms with Crippen molar-refractivity contribution in [2.24, 2.45) is 0 Å². The van der Waals surface area contributed by atoms with E-state index in [0.29, 0.717) is 5.69 Å². The number of hydrogen-bond donors (Lipinski definition) is 2. The molecule has 5 nitrogen and oxygen atoms in total. The van der Waals surface area contributed by atoms with Crippen molar-refractivity contribution in [2.75, 3.05) is 11.1 Å². The van der Waals surface area contributed by atoms with Crippen molar-refractivity contribution in [2.45, 2.75) is 17.9 Å². The van der Waals surface area contributed by atoms with E-state index >= 15 is 0 Å². The molecule has 1 unspecified atom stereocenters. The molecule has 0 saturated heterocycles. The van der Waals surface area contributed by atoms with Gasteiger partial charge < -0.3 is 10.4 Å². The molecule has 0 aliphatic carbocycles. The first kappa shape index (κ1) is 10.9. The molecule has 1 aromatic rings. The summed E-state index contributed by atoms with van der Waals surface area (Å²) in [5.41, 5.74) is 1.13. The standard InChI is InChI=1S/C10H11NO4S/c1-6-3-2-4-8-9(6)11-7(10(12)13)5-16(8,14)15/h2-4,7,11H,5H2,1H3,(H,12,13). The van der Waals surface area contributed by atoms with Gasteiger partial charge in [-0.2, -0.15) is 0 Å². The molecule has 1 aliphatic heterocycles. The zero-order chi connectivity index (χ0) is 11.9. The summed E-state index contributed by atoms with van der Waals surface area (Å²) in [7, 11) is -3.50. The lowest BCUT2D eigenvalue weighted by atomic mass is 10.2. The number of nitrogens with one attached hydrogen (secondary N) is 1. The third-order valence-corrected chi connectivity index (χ3v) is 4.35. The highest BCUT2D eigenvalue weighted by molar-refractivity contribution is 7.91. The first-order chi connectivity index (χ1) is 7.42. The van der Waals surface area contributed by atoms with Gasteiger partial charge in [0.2, 0.25) is 0 Å². The first-order valence-electron chi connectivity index (χ1n) is 4.73. The van der Waals surface area contributed by atoms with Crippen LogP contribution >= 0.6 is 0 Å². The molecule has 1 aliphatic rings. The molecule has 0 fully saturated rings. The summed E-state index contributed by atoms with van der Waals surface area (Å²) in [4.78, 5) is 11.0. The molecule has 6 heteroatoms. The second-order valence-electron chi connectivity index (χ2n) is 3.76. The Morgan fingerprint density at radius 2 is 2.19 bits per heavy atom. The van der Waals surface area contributed by atoms with Gasteiger partial charge in [0, 0.05) is 0 Å². The number of sulfone groups is 1. The third-order valence-electron chi connectivity index (χ3n) is 2.57. The van der Waals surface area contributed by atoms with Crippen molar-refractivity contribution >= 4 is 21.5 Å². The van der Waals surface area contributed by atoms with Gasteiger partial charge in [-0.3, -0.25) is 0 Å². The van der Waals surface area contributed by atoms with Crippen molar-refractivity contribution in [1.29, 1.82) is 0 Å². The molecule has 0 amide bonds. The fraction of sp³-hybridized carbons (Fsp3) is 0.300. The Morgan fingerprint density at radius 1 is 1.50 bits per heavy atom. The largest absolute Gasteiger partial charge is 0.480 e. The summed E-state index contributed by atoms with van der Waals surface area (Å²) >= 11 is 0. The average molecular weight is 241 g/mol. The maximum atomic E-state index is 11.8. The number of fused-ring (bicyclic) bond motifs is 1. The second-order valence-corrected chi connectivity index (χ2v) is 5.77. The molecule has 0 spiro atoms. The highest BCUT2D eigenvalue weighted by Crippen LogP contribution is 2.31. The zero-order valence-corrected chi connectivity index (χ0v) is 9.41. The Morgan fingerprint density at radius 3 is 2.81 bits per heavy atom. The summed E-state index contributed by atoms with van der Waals surface area (Å²) in [6, 6.07) is 3.81. The fourth-order valence-corrected chi connectivity index (χ4v) is 3.40. The van der Waals surface area contributed by atoms with E-state index in [4.69, 9.17) is 5.11 Å². The third kappa shape index (κ3) is 1.65. The van der Waals surface area contributed by atoms with Crippen molar-refractivity contribution in [1.82, 2.24) is 0 Å². The van der Waals surface area contributed by atoms with E-state index in [1.54, 1.807) is 19.1 Å². The number of carbonyl (C=O) groups is 1. The fourth-order valence-electron chi connectivity index (χ4n) is 1.74. The second kappa shape index (κ2) is 3.48. The van der Waals surface area contributed by atoms with Crippen LogP contribution in [0.1, 0.15) is 5.56 Å². The number of aliphatic carboxylic acids is 1. The molecule has 2 N–H and O–H groups in total. The van der Waals surface area contributed by atoms with Crippen LogP contribution in [0.5, 0.6) is 0 Å². The Labute approximate surface area is 93.0 Å². The Hall–Kier alpha value is -1.56. The number of para-hydroxylation sites is 1. The van der Waals surface area contributed by atoms with Crippen LogP contribution in [0.2, 0.25) is 0 Å². The van der Waals surface area contributed by atoms with Crippen LogP contribution in [0.25, 0.3) is 0 Å². The van der Waals surface area contributed by atoms with Gasteiger partial charge >= 0.3 is 5.97 Å². The maximum absolute atomic E-state index is 11.8. The van der Waals surface area contributed by atoms with Gasteiger partial charge in [0.15, 0.2) is 9.84 Å². The van der Waals surface area contributed by atoms with Gasteiger partial charge in [-0.25, -0.2) is 13.2 Å². The van der Waals surface area contributed by atoms with Crippen molar-refractivity contribution in [3.05, 3.63) is 23.8 Å². The van der Waals surface area contributed by atoms with E-state index in [9.17, 15) is 13.2 Å². The Kier molecular flexibility index (Phi) is 2.38.